The van der Waals surface area contributed by atoms with E-state index in [2.05, 4.69) is 91.6 Å². The van der Waals surface area contributed by atoms with Crippen LogP contribution in [0.25, 0.3) is 22.4 Å². The van der Waals surface area contributed by atoms with Crippen LogP contribution in [0.5, 0.6) is 0 Å². The molecule has 2 aromatic heterocycles. The number of rotatable bonds is 7. The maximum absolute atomic E-state index is 13.7. The van der Waals surface area contributed by atoms with Crippen molar-refractivity contribution < 1.29 is 4.79 Å². The first-order valence-electron chi connectivity index (χ1n) is 16.4. The summed E-state index contributed by atoms with van der Waals surface area (Å²) < 4.78 is 2.51. The van der Waals surface area contributed by atoms with Gasteiger partial charge in [0.25, 0.3) is 5.91 Å². The molecule has 9 heteroatoms. The number of benzene rings is 3. The number of piperidine rings is 2. The average Bonchev–Trinajstić information content (AvgIpc) is 3.80. The molecule has 0 spiro atoms. The number of carbonyl (C=O) groups excluding carboxylic acids is 1. The minimum Gasteiger partial charge on any atom is -0.339 e. The molecule has 0 saturated carbocycles. The molecule has 9 nitrogen and oxygen atoms in total. The van der Waals surface area contributed by atoms with Crippen molar-refractivity contribution in [3.05, 3.63) is 95.8 Å². The number of nitrogens with zero attached hydrogens (tertiary/aromatic N) is 7. The second kappa shape index (κ2) is 11.5. The number of likely N-dealkylation sites (tertiary alicyclic amines) is 1. The number of carbonyl (C=O) groups is 1. The Morgan fingerprint density at radius 1 is 0.978 bits per heavy atom. The lowest BCUT2D eigenvalue weighted by Crippen LogP contribution is -2.47. The molecule has 3 saturated heterocycles. The van der Waals surface area contributed by atoms with Crippen molar-refractivity contribution in [2.24, 2.45) is 5.92 Å². The van der Waals surface area contributed by atoms with Crippen molar-refractivity contribution >= 4 is 16.9 Å². The van der Waals surface area contributed by atoms with Crippen molar-refractivity contribution in [3.8, 4) is 11.4 Å². The fourth-order valence-electron chi connectivity index (χ4n) is 8.71. The molecule has 8 rings (SSSR count). The first kappa shape index (κ1) is 28.1. The number of hydrogen-bond donors (Lipinski definition) is 1. The lowest BCUT2D eigenvalue weighted by Gasteiger charge is -2.45. The number of aryl methyl sites for hydroxylation is 1. The monoisotopic (exact) mass is 600 g/mol. The first-order chi connectivity index (χ1) is 22.1. The van der Waals surface area contributed by atoms with E-state index in [1.165, 1.54) is 36.9 Å². The van der Waals surface area contributed by atoms with Gasteiger partial charge in [-0.1, -0.05) is 54.6 Å². The van der Waals surface area contributed by atoms with E-state index in [0.717, 1.165) is 55.8 Å². The Balaban J connectivity index is 0.971. The van der Waals surface area contributed by atoms with Crippen molar-refractivity contribution in [2.45, 2.75) is 62.9 Å². The molecular formula is C36H40N8O. The molecule has 0 aliphatic carbocycles. The van der Waals surface area contributed by atoms with Gasteiger partial charge < -0.3 is 9.47 Å². The van der Waals surface area contributed by atoms with Crippen LogP contribution < -0.4 is 0 Å². The van der Waals surface area contributed by atoms with Gasteiger partial charge in [0.2, 0.25) is 5.82 Å². The Morgan fingerprint density at radius 3 is 2.60 bits per heavy atom. The van der Waals surface area contributed by atoms with Gasteiger partial charge >= 0.3 is 0 Å². The second-order valence-electron chi connectivity index (χ2n) is 13.3. The molecule has 230 valence electrons. The fraction of sp³-hybridized carbons (Fsp3) is 0.417. The highest BCUT2D eigenvalue weighted by Crippen LogP contribution is 2.46. The third kappa shape index (κ3) is 5.13. The molecule has 3 aliphatic rings. The number of amides is 1. The van der Waals surface area contributed by atoms with Crippen LogP contribution in [0, 0.1) is 12.8 Å². The van der Waals surface area contributed by atoms with Gasteiger partial charge in [0.1, 0.15) is 5.82 Å². The molecule has 1 N–H and O–H groups in total. The smallest absolute Gasteiger partial charge is 0.253 e. The zero-order chi connectivity index (χ0) is 30.4. The number of aromatic amines is 1. The SMILES string of the molecule is Cc1nc2ccccc2n1C1CC2CCN(C1)C2CCC1(c2ccccc2)CCN(C(=O)c2cccc(-c3nn[nH]n3)c2)CC1. The third-order valence-corrected chi connectivity index (χ3v) is 11.0. The maximum Gasteiger partial charge on any atom is 0.253 e. The van der Waals surface area contributed by atoms with E-state index in [-0.39, 0.29) is 11.3 Å². The number of aromatic nitrogens is 6. The van der Waals surface area contributed by atoms with E-state index in [1.807, 2.05) is 29.2 Å². The summed E-state index contributed by atoms with van der Waals surface area (Å²) in [7, 11) is 0. The van der Waals surface area contributed by atoms with Gasteiger partial charge in [0.15, 0.2) is 0 Å². The quantitative estimate of drug-likeness (QED) is 0.253. The van der Waals surface area contributed by atoms with E-state index in [9.17, 15) is 4.79 Å². The number of hydrogen-bond acceptors (Lipinski definition) is 6. The predicted molar refractivity (Wildman–Crippen MR) is 174 cm³/mol. The molecule has 0 radical (unpaired) electrons. The van der Waals surface area contributed by atoms with E-state index in [0.29, 0.717) is 29.4 Å². The molecular weight excluding hydrogens is 560 g/mol. The standard InChI is InChI=1S/C36H40N8O/c1-25-37-31-12-5-6-13-33(31)44(25)30-23-26-15-19-43(24-30)32(26)14-16-36(29-10-3-2-4-11-29)17-20-42(21-18-36)35(45)28-9-7-8-27(22-28)34-38-40-41-39-34/h2-13,22,26,30,32H,14-21,23-24H2,1H3,(H,38,39,40,41). The van der Waals surface area contributed by atoms with E-state index >= 15 is 0 Å². The minimum atomic E-state index is 0.0757. The summed E-state index contributed by atoms with van der Waals surface area (Å²) >= 11 is 0. The molecule has 4 unspecified atom stereocenters. The third-order valence-electron chi connectivity index (χ3n) is 11.0. The number of tetrazole rings is 1. The van der Waals surface area contributed by atoms with Crippen LogP contribution in [0.4, 0.5) is 0 Å². The van der Waals surface area contributed by atoms with Gasteiger partial charge in [-0.3, -0.25) is 9.69 Å². The van der Waals surface area contributed by atoms with Gasteiger partial charge in [-0.15, -0.1) is 10.2 Å². The van der Waals surface area contributed by atoms with Gasteiger partial charge in [-0.25, -0.2) is 4.98 Å². The normalized spacial score (nSPS) is 24.2. The minimum absolute atomic E-state index is 0.0757. The van der Waals surface area contributed by atoms with Gasteiger partial charge in [-0.05, 0) is 98.4 Å². The Hall–Kier alpha value is -4.37. The summed E-state index contributed by atoms with van der Waals surface area (Å²) in [4.78, 5) is 23.3. The van der Waals surface area contributed by atoms with E-state index in [1.54, 1.807) is 0 Å². The van der Waals surface area contributed by atoms with Crippen molar-refractivity contribution in [2.75, 3.05) is 26.2 Å². The maximum atomic E-state index is 13.7. The summed E-state index contributed by atoms with van der Waals surface area (Å²) in [6.45, 7) is 5.97. The topological polar surface area (TPSA) is 95.8 Å². The summed E-state index contributed by atoms with van der Waals surface area (Å²) in [5.41, 5.74) is 5.35. The van der Waals surface area contributed by atoms with Gasteiger partial charge in [0, 0.05) is 42.8 Å². The highest BCUT2D eigenvalue weighted by atomic mass is 16.2. The van der Waals surface area contributed by atoms with Crippen LogP contribution in [0.15, 0.2) is 78.9 Å². The zero-order valence-corrected chi connectivity index (χ0v) is 25.8. The van der Waals surface area contributed by atoms with E-state index in [4.69, 9.17) is 4.98 Å². The zero-order valence-electron chi connectivity index (χ0n) is 25.8. The molecule has 45 heavy (non-hydrogen) atoms. The Bertz CT molecular complexity index is 1780. The van der Waals surface area contributed by atoms with E-state index < -0.39 is 0 Å². The first-order valence-corrected chi connectivity index (χ1v) is 16.4. The van der Waals surface area contributed by atoms with Crippen molar-refractivity contribution in [3.63, 3.8) is 0 Å². The van der Waals surface area contributed by atoms with Gasteiger partial charge in [0.05, 0.1) is 11.0 Å². The van der Waals surface area contributed by atoms with Crippen LogP contribution in [0.2, 0.25) is 0 Å². The molecule has 3 fully saturated rings. The van der Waals surface area contributed by atoms with Crippen molar-refractivity contribution in [1.82, 2.24) is 40.0 Å². The predicted octanol–water partition coefficient (Wildman–Crippen LogP) is 5.81. The number of para-hydroxylation sites is 2. The largest absolute Gasteiger partial charge is 0.339 e. The lowest BCUT2D eigenvalue weighted by atomic mass is 9.68. The second-order valence-corrected chi connectivity index (χ2v) is 13.3. The van der Waals surface area contributed by atoms with Crippen LogP contribution in [-0.4, -0.2) is 78.1 Å². The lowest BCUT2D eigenvalue weighted by molar-refractivity contribution is 0.0634. The van der Waals surface area contributed by atoms with Crippen molar-refractivity contribution in [1.29, 1.82) is 0 Å². The molecule has 2 bridgehead atoms. The Labute approximate surface area is 263 Å². The molecule has 5 heterocycles. The summed E-state index contributed by atoms with van der Waals surface area (Å²) in [5.74, 6) is 2.42. The molecule has 1 amide bonds. The summed E-state index contributed by atoms with van der Waals surface area (Å²) in [5, 5.41) is 14.3. The van der Waals surface area contributed by atoms with Gasteiger partial charge in [-0.2, -0.15) is 5.21 Å². The number of imidazole rings is 1. The molecule has 3 aliphatic heterocycles. The number of nitrogens with one attached hydrogen (secondary N) is 1. The molecule has 5 aromatic rings. The molecule has 3 aromatic carbocycles. The number of fused-ring (bicyclic) bond motifs is 3. The summed E-state index contributed by atoms with van der Waals surface area (Å²) in [6.07, 6.45) is 6.83. The Morgan fingerprint density at radius 2 is 1.80 bits per heavy atom. The highest BCUT2D eigenvalue weighted by molar-refractivity contribution is 5.95. The average molecular weight is 601 g/mol. The van der Waals surface area contributed by atoms with Crippen LogP contribution >= 0.6 is 0 Å². The van der Waals surface area contributed by atoms with Crippen LogP contribution in [-0.2, 0) is 5.41 Å². The fourth-order valence-corrected chi connectivity index (χ4v) is 8.71. The van der Waals surface area contributed by atoms with Crippen LogP contribution in [0.3, 0.4) is 0 Å². The Kier molecular flexibility index (Phi) is 7.20. The number of H-pyrrole nitrogens is 1. The summed E-state index contributed by atoms with van der Waals surface area (Å²) in [6, 6.07) is 28.3. The highest BCUT2D eigenvalue weighted by Gasteiger charge is 2.44. The van der Waals surface area contributed by atoms with Crippen LogP contribution in [0.1, 0.15) is 66.3 Å². The molecule has 4 atom stereocenters.